The molecule has 0 aliphatic carbocycles. The van der Waals surface area contributed by atoms with E-state index in [0.717, 1.165) is 21.0 Å². The van der Waals surface area contributed by atoms with E-state index >= 15 is 0 Å². The Labute approximate surface area is 165 Å². The molecule has 0 atom stereocenters. The Bertz CT molecular complexity index is 1090. The van der Waals surface area contributed by atoms with Crippen LogP contribution in [-0.2, 0) is 23.0 Å². The number of rotatable bonds is 4. The Morgan fingerprint density at radius 2 is 2.11 bits per heavy atom. The summed E-state index contributed by atoms with van der Waals surface area (Å²) >= 11 is 3.07. The molecule has 0 unspecified atom stereocenters. The Balaban J connectivity index is 1.77. The van der Waals surface area contributed by atoms with E-state index in [-0.39, 0.29) is 10.8 Å². The summed E-state index contributed by atoms with van der Waals surface area (Å²) in [6.07, 6.45) is 0.716. The lowest BCUT2D eigenvalue weighted by Crippen LogP contribution is -2.36. The molecule has 0 bridgehead atoms. The number of fused-ring (bicyclic) bond motifs is 1. The normalized spacial score (nSPS) is 14.2. The Hall–Kier alpha value is -2.07. The minimum absolute atomic E-state index is 0.0872. The van der Waals surface area contributed by atoms with E-state index in [1.165, 1.54) is 30.5 Å². The third-order valence-corrected chi connectivity index (χ3v) is 7.73. The molecule has 3 heterocycles. The largest absolute Gasteiger partial charge is 0.333 e. The van der Waals surface area contributed by atoms with Crippen molar-refractivity contribution in [3.05, 3.63) is 57.4 Å². The fourth-order valence-electron chi connectivity index (χ4n) is 3.10. The van der Waals surface area contributed by atoms with Crippen molar-refractivity contribution in [1.82, 2.24) is 14.6 Å². The fourth-order valence-corrected chi connectivity index (χ4v) is 5.45. The average molecular weight is 420 g/mol. The number of nitrogens with one attached hydrogen (secondary N) is 1. The number of hydrogen-bond donors (Lipinski definition) is 1. The van der Waals surface area contributed by atoms with E-state index in [1.54, 1.807) is 27.8 Å². The van der Waals surface area contributed by atoms with Crippen LogP contribution in [0.4, 0.5) is 0 Å². The molecule has 0 fully saturated rings. The maximum atomic E-state index is 13.3. The maximum absolute atomic E-state index is 13.3. The molecule has 3 aromatic rings. The molecule has 1 aliphatic heterocycles. The van der Waals surface area contributed by atoms with Gasteiger partial charge in [0.2, 0.25) is 10.0 Å². The summed E-state index contributed by atoms with van der Waals surface area (Å²) in [6, 6.07) is 8.57. The van der Waals surface area contributed by atoms with Gasteiger partial charge in [-0.25, -0.2) is 18.1 Å². The van der Waals surface area contributed by atoms with Crippen LogP contribution in [0.1, 0.15) is 20.9 Å². The van der Waals surface area contributed by atoms with Crippen LogP contribution in [-0.4, -0.2) is 37.8 Å². The maximum Gasteiger partial charge on any atom is 0.254 e. The van der Waals surface area contributed by atoms with Crippen LogP contribution < -0.4 is 4.72 Å². The molecule has 9 heteroatoms. The van der Waals surface area contributed by atoms with Crippen molar-refractivity contribution >= 4 is 38.6 Å². The highest BCUT2D eigenvalue weighted by Gasteiger charge is 2.27. The van der Waals surface area contributed by atoms with Gasteiger partial charge in [-0.2, -0.15) is 0 Å². The number of amides is 1. The van der Waals surface area contributed by atoms with Crippen molar-refractivity contribution in [2.24, 2.45) is 0 Å². The van der Waals surface area contributed by atoms with Crippen LogP contribution in [0.3, 0.4) is 0 Å². The zero-order chi connectivity index (χ0) is 19.0. The first-order valence-corrected chi connectivity index (χ1v) is 11.6. The summed E-state index contributed by atoms with van der Waals surface area (Å²) in [5, 5.41) is 1.94. The van der Waals surface area contributed by atoms with Gasteiger partial charge in [0, 0.05) is 33.8 Å². The first-order valence-electron chi connectivity index (χ1n) is 8.31. The molecular formula is C18H17N3O3S3. The van der Waals surface area contributed by atoms with Crippen LogP contribution in [0, 0.1) is 0 Å². The van der Waals surface area contributed by atoms with Gasteiger partial charge >= 0.3 is 0 Å². The van der Waals surface area contributed by atoms with Crippen LogP contribution in [0.5, 0.6) is 0 Å². The molecular weight excluding hydrogens is 402 g/mol. The fraction of sp³-hybridized carbons (Fsp3) is 0.222. The van der Waals surface area contributed by atoms with Crippen molar-refractivity contribution in [3.63, 3.8) is 0 Å². The number of sulfonamides is 1. The molecule has 27 heavy (non-hydrogen) atoms. The average Bonchev–Trinajstić information content (AvgIpc) is 3.38. The first-order chi connectivity index (χ1) is 13.0. The zero-order valence-electron chi connectivity index (χ0n) is 14.5. The molecule has 140 valence electrons. The topological polar surface area (TPSA) is 79.4 Å². The minimum Gasteiger partial charge on any atom is -0.333 e. The zero-order valence-corrected chi connectivity index (χ0v) is 17.0. The molecule has 0 radical (unpaired) electrons. The molecule has 1 aliphatic rings. The van der Waals surface area contributed by atoms with E-state index in [4.69, 9.17) is 0 Å². The number of thiazole rings is 1. The smallest absolute Gasteiger partial charge is 0.254 e. The highest BCUT2D eigenvalue weighted by atomic mass is 32.2. The van der Waals surface area contributed by atoms with E-state index in [2.05, 4.69) is 9.71 Å². The van der Waals surface area contributed by atoms with Gasteiger partial charge < -0.3 is 4.90 Å². The molecule has 2 aromatic heterocycles. The number of nitrogens with zero attached hydrogens (tertiary/aromatic N) is 2. The molecule has 0 saturated carbocycles. The summed E-state index contributed by atoms with van der Waals surface area (Å²) in [4.78, 5) is 21.5. The lowest BCUT2D eigenvalue weighted by molar-refractivity contribution is 0.0736. The predicted octanol–water partition coefficient (Wildman–Crippen LogP) is 2.98. The molecule has 1 amide bonds. The summed E-state index contributed by atoms with van der Waals surface area (Å²) in [7, 11) is -2.27. The van der Waals surface area contributed by atoms with Crippen molar-refractivity contribution in [3.8, 4) is 10.4 Å². The Morgan fingerprint density at radius 3 is 2.85 bits per heavy atom. The molecule has 0 spiro atoms. The second-order valence-corrected chi connectivity index (χ2v) is 9.86. The van der Waals surface area contributed by atoms with Crippen LogP contribution >= 0.6 is 22.7 Å². The highest BCUT2D eigenvalue weighted by molar-refractivity contribution is 7.89. The van der Waals surface area contributed by atoms with Gasteiger partial charge in [-0.3, -0.25) is 4.79 Å². The molecule has 0 saturated heterocycles. The lowest BCUT2D eigenvalue weighted by Gasteiger charge is -2.27. The quantitative estimate of drug-likeness (QED) is 0.705. The van der Waals surface area contributed by atoms with E-state index in [0.29, 0.717) is 25.1 Å². The summed E-state index contributed by atoms with van der Waals surface area (Å²) in [5.74, 6) is -0.161. The van der Waals surface area contributed by atoms with Gasteiger partial charge in [0.05, 0.1) is 22.6 Å². The third kappa shape index (κ3) is 3.43. The monoisotopic (exact) mass is 419 g/mol. The SMILES string of the molecule is CNS(=O)(=O)c1ccc(-c2cccs2)c(C(=O)N2CCc3ncsc3C2)c1. The van der Waals surface area contributed by atoms with Gasteiger partial charge in [0.15, 0.2) is 0 Å². The van der Waals surface area contributed by atoms with Crippen LogP contribution in [0.25, 0.3) is 10.4 Å². The second-order valence-electron chi connectivity index (χ2n) is 6.09. The lowest BCUT2D eigenvalue weighted by atomic mass is 10.0. The third-order valence-electron chi connectivity index (χ3n) is 4.55. The summed E-state index contributed by atoms with van der Waals surface area (Å²) in [5.41, 5.74) is 4.01. The van der Waals surface area contributed by atoms with Crippen molar-refractivity contribution in [2.75, 3.05) is 13.6 Å². The standard InChI is InChI=1S/C18H17N3O3S3/c1-19-27(23,24)12-4-5-13(16-3-2-8-25-16)14(9-12)18(22)21-7-6-15-17(10-21)26-11-20-15/h2-5,8-9,11,19H,6-7,10H2,1H3. The van der Waals surface area contributed by atoms with Crippen molar-refractivity contribution in [1.29, 1.82) is 0 Å². The van der Waals surface area contributed by atoms with Gasteiger partial charge in [-0.1, -0.05) is 12.1 Å². The van der Waals surface area contributed by atoms with Crippen LogP contribution in [0.2, 0.25) is 0 Å². The highest BCUT2D eigenvalue weighted by Crippen LogP contribution is 2.32. The van der Waals surface area contributed by atoms with E-state index < -0.39 is 10.0 Å². The first kappa shape index (κ1) is 18.3. The predicted molar refractivity (Wildman–Crippen MR) is 107 cm³/mol. The van der Waals surface area contributed by atoms with Crippen molar-refractivity contribution < 1.29 is 13.2 Å². The number of aromatic nitrogens is 1. The number of carbonyl (C=O) groups is 1. The number of hydrogen-bond acceptors (Lipinski definition) is 6. The van der Waals surface area contributed by atoms with Gasteiger partial charge in [0.1, 0.15) is 0 Å². The Kier molecular flexibility index (Phi) is 4.85. The summed E-state index contributed by atoms with van der Waals surface area (Å²) < 4.78 is 26.8. The van der Waals surface area contributed by atoms with Gasteiger partial charge in [0.25, 0.3) is 5.91 Å². The van der Waals surface area contributed by atoms with E-state index in [9.17, 15) is 13.2 Å². The van der Waals surface area contributed by atoms with E-state index in [1.807, 2.05) is 17.5 Å². The number of carbonyl (C=O) groups excluding carboxylic acids is 1. The van der Waals surface area contributed by atoms with Gasteiger partial charge in [-0.15, -0.1) is 22.7 Å². The molecule has 4 rings (SSSR count). The second kappa shape index (κ2) is 7.16. The molecule has 6 nitrogen and oxygen atoms in total. The van der Waals surface area contributed by atoms with Crippen LogP contribution in [0.15, 0.2) is 46.1 Å². The van der Waals surface area contributed by atoms with Gasteiger partial charge in [-0.05, 0) is 30.6 Å². The number of benzene rings is 1. The molecule has 1 N–H and O–H groups in total. The van der Waals surface area contributed by atoms with Crippen molar-refractivity contribution in [2.45, 2.75) is 17.9 Å². The Morgan fingerprint density at radius 1 is 1.26 bits per heavy atom. The summed E-state index contributed by atoms with van der Waals surface area (Å²) in [6.45, 7) is 1.08. The molecule has 1 aromatic carbocycles. The number of thiophene rings is 1. The minimum atomic E-state index is -3.64.